The fourth-order valence-electron chi connectivity index (χ4n) is 1.76. The molecule has 0 aliphatic carbocycles. The molecule has 0 saturated carbocycles. The van der Waals surface area contributed by atoms with Crippen LogP contribution in [0.15, 0.2) is 39.5 Å². The van der Waals surface area contributed by atoms with E-state index in [1.807, 2.05) is 0 Å². The lowest BCUT2D eigenvalue weighted by molar-refractivity contribution is -0.137. The average molecular weight is 275 g/mol. The van der Waals surface area contributed by atoms with Gasteiger partial charge in [-0.1, -0.05) is 12.1 Å². The first-order valence-corrected chi connectivity index (χ1v) is 5.99. The van der Waals surface area contributed by atoms with E-state index in [4.69, 9.17) is 9.52 Å². The zero-order valence-corrected chi connectivity index (χ0v) is 10.8. The molecule has 6 nitrogen and oxygen atoms in total. The zero-order chi connectivity index (χ0) is 14.7. The van der Waals surface area contributed by atoms with Crippen molar-refractivity contribution in [2.24, 2.45) is 0 Å². The predicted molar refractivity (Wildman–Crippen MR) is 71.7 cm³/mol. The van der Waals surface area contributed by atoms with E-state index in [1.54, 1.807) is 24.3 Å². The first kappa shape index (κ1) is 13.8. The van der Waals surface area contributed by atoms with E-state index < -0.39 is 11.9 Å². The Labute approximate surface area is 114 Å². The van der Waals surface area contributed by atoms with Gasteiger partial charge in [-0.3, -0.25) is 14.4 Å². The molecule has 0 radical (unpaired) electrons. The van der Waals surface area contributed by atoms with Crippen LogP contribution in [0.2, 0.25) is 0 Å². The minimum atomic E-state index is -0.996. The summed E-state index contributed by atoms with van der Waals surface area (Å²) in [5, 5.41) is 8.99. The molecule has 6 heteroatoms. The second-order valence-corrected chi connectivity index (χ2v) is 4.34. The van der Waals surface area contributed by atoms with Crippen LogP contribution in [0.5, 0.6) is 0 Å². The van der Waals surface area contributed by atoms with E-state index in [2.05, 4.69) is 0 Å². The summed E-state index contributed by atoms with van der Waals surface area (Å²) in [6, 6.07) is 7.75. The molecule has 1 N–H and O–H groups in total. The number of hydrogen-bond donors (Lipinski definition) is 1. The Morgan fingerprint density at radius 2 is 2.00 bits per heavy atom. The van der Waals surface area contributed by atoms with Crippen LogP contribution in [0, 0.1) is 0 Å². The summed E-state index contributed by atoms with van der Waals surface area (Å²) in [6.45, 7) is 0.0463. The topological polar surface area (TPSA) is 87.8 Å². The highest BCUT2D eigenvalue weighted by Crippen LogP contribution is 2.12. The fraction of sp³-hybridized carbons (Fsp3) is 0.214. The molecule has 1 aromatic heterocycles. The number of carboxylic acids is 1. The van der Waals surface area contributed by atoms with Gasteiger partial charge >= 0.3 is 5.97 Å². The summed E-state index contributed by atoms with van der Waals surface area (Å²) >= 11 is 0. The smallest absolute Gasteiger partial charge is 0.305 e. The number of para-hydroxylation sites is 1. The summed E-state index contributed by atoms with van der Waals surface area (Å²) in [4.78, 5) is 35.6. The fourth-order valence-corrected chi connectivity index (χ4v) is 1.76. The van der Waals surface area contributed by atoms with Crippen molar-refractivity contribution in [3.8, 4) is 0 Å². The highest BCUT2D eigenvalue weighted by Gasteiger charge is 2.17. The van der Waals surface area contributed by atoms with E-state index in [-0.39, 0.29) is 24.2 Å². The molecule has 1 amide bonds. The van der Waals surface area contributed by atoms with Gasteiger partial charge in [-0.25, -0.2) is 0 Å². The van der Waals surface area contributed by atoms with Crippen molar-refractivity contribution in [3.05, 3.63) is 46.3 Å². The van der Waals surface area contributed by atoms with Crippen molar-refractivity contribution >= 4 is 22.8 Å². The predicted octanol–water partition coefficient (Wildman–Crippen LogP) is 1.34. The Kier molecular flexibility index (Phi) is 3.84. The molecule has 0 spiro atoms. The number of nitrogens with zero attached hydrogens (tertiary/aromatic N) is 1. The van der Waals surface area contributed by atoms with Crippen molar-refractivity contribution < 1.29 is 19.1 Å². The van der Waals surface area contributed by atoms with Crippen molar-refractivity contribution in [1.82, 2.24) is 4.90 Å². The van der Waals surface area contributed by atoms with Crippen molar-refractivity contribution in [3.63, 3.8) is 0 Å². The van der Waals surface area contributed by atoms with Crippen molar-refractivity contribution in [2.75, 3.05) is 13.6 Å². The van der Waals surface area contributed by atoms with E-state index in [1.165, 1.54) is 11.9 Å². The van der Waals surface area contributed by atoms with Crippen LogP contribution in [0.3, 0.4) is 0 Å². The van der Waals surface area contributed by atoms with Crippen LogP contribution in [0.4, 0.5) is 0 Å². The van der Waals surface area contributed by atoms with Gasteiger partial charge in [0.1, 0.15) is 5.58 Å². The Bertz CT molecular complexity index is 719. The maximum Gasteiger partial charge on any atom is 0.305 e. The van der Waals surface area contributed by atoms with Gasteiger partial charge in [-0.05, 0) is 12.1 Å². The molecule has 2 rings (SSSR count). The first-order chi connectivity index (χ1) is 9.49. The number of carbonyl (C=O) groups is 2. The van der Waals surface area contributed by atoms with Crippen LogP contribution in [0.1, 0.15) is 17.0 Å². The molecular weight excluding hydrogens is 262 g/mol. The summed E-state index contributed by atoms with van der Waals surface area (Å²) < 4.78 is 5.39. The Hall–Kier alpha value is -2.63. The molecule has 104 valence electrons. The van der Waals surface area contributed by atoms with Crippen LogP contribution in [-0.2, 0) is 4.79 Å². The van der Waals surface area contributed by atoms with Gasteiger partial charge in [0.05, 0.1) is 11.8 Å². The summed E-state index contributed by atoms with van der Waals surface area (Å²) in [5.41, 5.74) is 0.0248. The Morgan fingerprint density at radius 1 is 1.30 bits per heavy atom. The first-order valence-electron chi connectivity index (χ1n) is 5.99. The van der Waals surface area contributed by atoms with E-state index in [0.29, 0.717) is 11.0 Å². The Morgan fingerprint density at radius 3 is 2.70 bits per heavy atom. The minimum absolute atomic E-state index is 0.0463. The molecular formula is C14H13NO5. The molecule has 1 heterocycles. The molecule has 1 aromatic carbocycles. The average Bonchev–Trinajstić information content (AvgIpc) is 2.43. The lowest BCUT2D eigenvalue weighted by Gasteiger charge is -2.15. The van der Waals surface area contributed by atoms with Crippen LogP contribution < -0.4 is 5.43 Å². The maximum absolute atomic E-state index is 12.1. The molecule has 0 aliphatic heterocycles. The quantitative estimate of drug-likeness (QED) is 0.909. The van der Waals surface area contributed by atoms with Gasteiger partial charge in [-0.2, -0.15) is 0 Å². The number of carboxylic acid groups (broad SMARTS) is 1. The van der Waals surface area contributed by atoms with E-state index in [9.17, 15) is 14.4 Å². The number of amides is 1. The summed E-state index contributed by atoms with van der Waals surface area (Å²) in [7, 11) is 1.46. The zero-order valence-electron chi connectivity index (χ0n) is 10.8. The van der Waals surface area contributed by atoms with Gasteiger partial charge in [0, 0.05) is 19.7 Å². The number of aliphatic carboxylic acids is 1. The number of carbonyl (C=O) groups excluding carboxylic acids is 1. The Balaban J connectivity index is 2.31. The molecule has 20 heavy (non-hydrogen) atoms. The van der Waals surface area contributed by atoms with E-state index in [0.717, 1.165) is 6.07 Å². The molecule has 0 fully saturated rings. The maximum atomic E-state index is 12.1. The van der Waals surface area contributed by atoms with Crippen LogP contribution >= 0.6 is 0 Å². The standard InChI is InChI=1S/C14H13NO5/c1-15(7-6-13(17)18)14(19)12-8-10(16)9-4-2-3-5-11(9)20-12/h2-5,8H,6-7H2,1H3,(H,17,18). The summed E-state index contributed by atoms with van der Waals surface area (Å²) in [6.07, 6.45) is -0.167. The van der Waals surface area contributed by atoms with Gasteiger partial charge in [0.25, 0.3) is 5.91 Å². The molecule has 2 aromatic rings. The van der Waals surface area contributed by atoms with E-state index >= 15 is 0 Å². The molecule has 0 saturated heterocycles. The second kappa shape index (κ2) is 5.56. The highest BCUT2D eigenvalue weighted by atomic mass is 16.4. The monoisotopic (exact) mass is 275 g/mol. The third-order valence-electron chi connectivity index (χ3n) is 2.85. The van der Waals surface area contributed by atoms with Gasteiger partial charge < -0.3 is 14.4 Å². The highest BCUT2D eigenvalue weighted by molar-refractivity contribution is 5.93. The molecule has 0 aliphatic rings. The van der Waals surface area contributed by atoms with Gasteiger partial charge in [0.2, 0.25) is 0 Å². The summed E-state index contributed by atoms with van der Waals surface area (Å²) in [5.74, 6) is -1.61. The van der Waals surface area contributed by atoms with Crippen molar-refractivity contribution in [2.45, 2.75) is 6.42 Å². The van der Waals surface area contributed by atoms with Crippen molar-refractivity contribution in [1.29, 1.82) is 0 Å². The molecule has 0 atom stereocenters. The number of benzene rings is 1. The molecule has 0 bridgehead atoms. The molecule has 0 unspecified atom stereocenters. The number of hydrogen-bond acceptors (Lipinski definition) is 4. The third kappa shape index (κ3) is 2.85. The largest absolute Gasteiger partial charge is 0.481 e. The normalized spacial score (nSPS) is 10.4. The lowest BCUT2D eigenvalue weighted by atomic mass is 10.2. The van der Waals surface area contributed by atoms with Crippen LogP contribution in [0.25, 0.3) is 11.0 Å². The number of rotatable bonds is 4. The third-order valence-corrected chi connectivity index (χ3v) is 2.85. The van der Waals surface area contributed by atoms with Crippen LogP contribution in [-0.4, -0.2) is 35.5 Å². The van der Waals surface area contributed by atoms with Gasteiger partial charge in [-0.15, -0.1) is 0 Å². The second-order valence-electron chi connectivity index (χ2n) is 4.34. The van der Waals surface area contributed by atoms with Gasteiger partial charge in [0.15, 0.2) is 11.2 Å². The SMILES string of the molecule is CN(CCC(=O)O)C(=O)c1cc(=O)c2ccccc2o1. The minimum Gasteiger partial charge on any atom is -0.481 e. The number of fused-ring (bicyclic) bond motifs is 1. The lowest BCUT2D eigenvalue weighted by Crippen LogP contribution is -2.29.